The second-order valence-corrected chi connectivity index (χ2v) is 5.12. The molecule has 0 fully saturated rings. The van der Waals surface area contributed by atoms with E-state index in [1.807, 2.05) is 0 Å². The first-order valence-corrected chi connectivity index (χ1v) is 7.62. The molecule has 4 nitrogen and oxygen atoms in total. The summed E-state index contributed by atoms with van der Waals surface area (Å²) in [6.45, 7) is 2.64. The predicted octanol–water partition coefficient (Wildman–Crippen LogP) is 2.55. The van der Waals surface area contributed by atoms with Gasteiger partial charge in [0.2, 0.25) is 0 Å². The van der Waals surface area contributed by atoms with Crippen molar-refractivity contribution in [3.8, 4) is 0 Å². The third-order valence-electron chi connectivity index (χ3n) is 2.45. The minimum absolute atomic E-state index is 0.131. The maximum atomic E-state index is 11.2. The third kappa shape index (κ3) is 13.5. The molecule has 0 aliphatic heterocycles. The molecule has 0 saturated heterocycles. The minimum Gasteiger partial charge on any atom is -0.772 e. The van der Waals surface area contributed by atoms with Crippen molar-refractivity contribution in [3.05, 3.63) is 0 Å². The SMILES string of the molecule is CCCCCOC(=O)CCCCCCS(=O)[O-]. The Kier molecular flexibility index (Phi) is 11.8. The highest BCUT2D eigenvalue weighted by atomic mass is 32.2. The van der Waals surface area contributed by atoms with Crippen molar-refractivity contribution in [1.82, 2.24) is 0 Å². The van der Waals surface area contributed by atoms with Crippen LogP contribution in [0.4, 0.5) is 0 Å². The van der Waals surface area contributed by atoms with E-state index >= 15 is 0 Å². The molecule has 0 aromatic rings. The van der Waals surface area contributed by atoms with Crippen LogP contribution < -0.4 is 0 Å². The molecule has 0 aliphatic rings. The van der Waals surface area contributed by atoms with Gasteiger partial charge in [0.1, 0.15) is 0 Å². The summed E-state index contributed by atoms with van der Waals surface area (Å²) >= 11 is -1.93. The Bertz CT molecular complexity index is 219. The van der Waals surface area contributed by atoms with Crippen LogP contribution >= 0.6 is 0 Å². The van der Waals surface area contributed by atoms with Crippen LogP contribution in [0.3, 0.4) is 0 Å². The first-order valence-electron chi connectivity index (χ1n) is 6.38. The standard InChI is InChI=1S/C12H24O4S/c1-2-3-7-10-16-12(13)9-6-4-5-8-11-17(14)15/h2-11H2,1H3,(H,14,15)/p-1. The third-order valence-corrected chi connectivity index (χ3v) is 3.07. The Balaban J connectivity index is 3.19. The van der Waals surface area contributed by atoms with Gasteiger partial charge in [-0.3, -0.25) is 9.00 Å². The Morgan fingerprint density at radius 1 is 1.12 bits per heavy atom. The highest BCUT2D eigenvalue weighted by Gasteiger charge is 2.01. The van der Waals surface area contributed by atoms with Gasteiger partial charge < -0.3 is 9.29 Å². The van der Waals surface area contributed by atoms with Crippen LogP contribution in [0.15, 0.2) is 0 Å². The Morgan fingerprint density at radius 2 is 1.82 bits per heavy atom. The Labute approximate surface area is 106 Å². The van der Waals surface area contributed by atoms with Gasteiger partial charge in [0.15, 0.2) is 0 Å². The number of carbonyl (C=O) groups excluding carboxylic acids is 1. The van der Waals surface area contributed by atoms with Crippen LogP contribution in [0, 0.1) is 0 Å². The molecular weight excluding hydrogens is 240 g/mol. The van der Waals surface area contributed by atoms with E-state index in [1.54, 1.807) is 0 Å². The first kappa shape index (κ1) is 16.6. The zero-order valence-electron chi connectivity index (χ0n) is 10.6. The average Bonchev–Trinajstić information content (AvgIpc) is 2.29. The summed E-state index contributed by atoms with van der Waals surface area (Å²) in [6, 6.07) is 0. The van der Waals surface area contributed by atoms with Gasteiger partial charge >= 0.3 is 5.97 Å². The van der Waals surface area contributed by atoms with E-state index in [4.69, 9.17) is 4.74 Å². The van der Waals surface area contributed by atoms with E-state index < -0.39 is 11.1 Å². The molecule has 0 radical (unpaired) electrons. The minimum atomic E-state index is -1.93. The topological polar surface area (TPSA) is 66.4 Å². The molecule has 0 aliphatic carbocycles. The van der Waals surface area contributed by atoms with Gasteiger partial charge in [0, 0.05) is 12.2 Å². The highest BCUT2D eigenvalue weighted by Crippen LogP contribution is 2.05. The van der Waals surface area contributed by atoms with E-state index in [1.165, 1.54) is 0 Å². The fraction of sp³-hybridized carbons (Fsp3) is 0.917. The van der Waals surface area contributed by atoms with Crippen molar-refractivity contribution < 1.29 is 18.3 Å². The highest BCUT2D eigenvalue weighted by molar-refractivity contribution is 7.79. The maximum absolute atomic E-state index is 11.2. The van der Waals surface area contributed by atoms with Crippen LogP contribution in [-0.4, -0.2) is 27.1 Å². The summed E-state index contributed by atoms with van der Waals surface area (Å²) in [6.07, 6.45) is 6.83. The van der Waals surface area contributed by atoms with Gasteiger partial charge in [-0.15, -0.1) is 0 Å². The number of ether oxygens (including phenoxy) is 1. The van der Waals surface area contributed by atoms with E-state index in [-0.39, 0.29) is 11.7 Å². The summed E-state index contributed by atoms with van der Waals surface area (Å²) in [7, 11) is 0. The molecular formula is C12H23O4S-. The van der Waals surface area contributed by atoms with Crippen molar-refractivity contribution in [2.24, 2.45) is 0 Å². The second kappa shape index (κ2) is 12.0. The average molecular weight is 263 g/mol. The van der Waals surface area contributed by atoms with Crippen LogP contribution in [0.5, 0.6) is 0 Å². The largest absolute Gasteiger partial charge is 0.772 e. The lowest BCUT2D eigenvalue weighted by Gasteiger charge is -2.05. The Hall–Kier alpha value is -0.420. The number of rotatable bonds is 11. The van der Waals surface area contributed by atoms with Gasteiger partial charge in [-0.05, 0) is 19.3 Å². The molecule has 0 bridgehead atoms. The van der Waals surface area contributed by atoms with Gasteiger partial charge in [-0.1, -0.05) is 43.7 Å². The normalized spacial score (nSPS) is 12.4. The first-order chi connectivity index (χ1) is 8.16. The molecule has 1 atom stereocenters. The van der Waals surface area contributed by atoms with Crippen molar-refractivity contribution in [2.75, 3.05) is 12.4 Å². The quantitative estimate of drug-likeness (QED) is 0.326. The number of hydrogen-bond acceptors (Lipinski definition) is 4. The molecule has 0 aromatic carbocycles. The molecule has 17 heavy (non-hydrogen) atoms. The van der Waals surface area contributed by atoms with Crippen molar-refractivity contribution in [2.45, 2.75) is 58.3 Å². The number of hydrogen-bond donors (Lipinski definition) is 0. The molecule has 0 saturated carbocycles. The summed E-state index contributed by atoms with van der Waals surface area (Å²) in [5.74, 6) is 0.0927. The number of carbonyl (C=O) groups is 1. The monoisotopic (exact) mass is 263 g/mol. The molecule has 0 aromatic heterocycles. The lowest BCUT2D eigenvalue weighted by Crippen LogP contribution is -2.05. The van der Waals surface area contributed by atoms with E-state index in [9.17, 15) is 13.6 Å². The lowest BCUT2D eigenvalue weighted by atomic mass is 10.1. The second-order valence-electron chi connectivity index (χ2n) is 4.10. The molecule has 0 heterocycles. The molecule has 0 spiro atoms. The smallest absolute Gasteiger partial charge is 0.305 e. The fourth-order valence-electron chi connectivity index (χ4n) is 1.45. The molecule has 0 rings (SSSR count). The number of unbranched alkanes of at least 4 members (excludes halogenated alkanes) is 5. The van der Waals surface area contributed by atoms with E-state index in [0.29, 0.717) is 19.4 Å². The molecule has 1 unspecified atom stereocenters. The fourth-order valence-corrected chi connectivity index (χ4v) is 1.89. The molecule has 0 amide bonds. The Morgan fingerprint density at radius 3 is 2.47 bits per heavy atom. The van der Waals surface area contributed by atoms with Crippen LogP contribution in [0.1, 0.15) is 58.3 Å². The summed E-state index contributed by atoms with van der Waals surface area (Å²) in [5, 5.41) is 0. The van der Waals surface area contributed by atoms with Crippen LogP contribution in [0.2, 0.25) is 0 Å². The van der Waals surface area contributed by atoms with Crippen molar-refractivity contribution >= 4 is 17.0 Å². The predicted molar refractivity (Wildman–Crippen MR) is 67.4 cm³/mol. The van der Waals surface area contributed by atoms with Crippen molar-refractivity contribution in [3.63, 3.8) is 0 Å². The molecule has 0 N–H and O–H groups in total. The van der Waals surface area contributed by atoms with Gasteiger partial charge in [-0.25, -0.2) is 0 Å². The van der Waals surface area contributed by atoms with Gasteiger partial charge in [-0.2, -0.15) is 0 Å². The van der Waals surface area contributed by atoms with E-state index in [0.717, 1.165) is 38.5 Å². The van der Waals surface area contributed by atoms with Crippen LogP contribution in [-0.2, 0) is 20.6 Å². The zero-order valence-corrected chi connectivity index (χ0v) is 11.4. The maximum Gasteiger partial charge on any atom is 0.305 e. The molecule has 102 valence electrons. The molecule has 5 heteroatoms. The van der Waals surface area contributed by atoms with Crippen LogP contribution in [0.25, 0.3) is 0 Å². The lowest BCUT2D eigenvalue weighted by molar-refractivity contribution is -0.143. The van der Waals surface area contributed by atoms with Gasteiger partial charge in [0.25, 0.3) is 0 Å². The number of esters is 1. The summed E-state index contributed by atoms with van der Waals surface area (Å²) < 4.78 is 25.5. The summed E-state index contributed by atoms with van der Waals surface area (Å²) in [5.41, 5.74) is 0. The van der Waals surface area contributed by atoms with Crippen molar-refractivity contribution in [1.29, 1.82) is 0 Å². The summed E-state index contributed by atoms with van der Waals surface area (Å²) in [4.78, 5) is 11.2. The zero-order chi connectivity index (χ0) is 12.9. The van der Waals surface area contributed by atoms with Gasteiger partial charge in [0.05, 0.1) is 6.61 Å². The van der Waals surface area contributed by atoms with E-state index in [2.05, 4.69) is 6.92 Å².